The summed E-state index contributed by atoms with van der Waals surface area (Å²) in [5, 5.41) is 25.5. The van der Waals surface area contributed by atoms with Crippen LogP contribution in [0.25, 0.3) is 0 Å². The van der Waals surface area contributed by atoms with Crippen LogP contribution in [0.1, 0.15) is 52.4 Å². The summed E-state index contributed by atoms with van der Waals surface area (Å²) in [6.07, 6.45) is 0.873. The molecule has 0 aromatic rings. The number of carbonyl (C=O) groups excluding carboxylic acids is 3. The normalized spacial score (nSPS) is 13.7. The van der Waals surface area contributed by atoms with Gasteiger partial charge in [-0.2, -0.15) is 0 Å². The van der Waals surface area contributed by atoms with E-state index >= 15 is 0 Å². The molecule has 178 valence electrons. The molecule has 3 unspecified atom stereocenters. The molecule has 31 heavy (non-hydrogen) atoms. The Kier molecular flexibility index (Phi) is 13.8. The van der Waals surface area contributed by atoms with Crippen molar-refractivity contribution in [2.24, 2.45) is 17.4 Å². The Balaban J connectivity index is 5.39. The predicted octanol–water partition coefficient (Wildman–Crippen LogP) is -1.48. The van der Waals surface area contributed by atoms with Gasteiger partial charge in [0.1, 0.15) is 18.1 Å². The molecule has 0 aliphatic carbocycles. The van der Waals surface area contributed by atoms with Gasteiger partial charge in [0.2, 0.25) is 17.7 Å². The van der Waals surface area contributed by atoms with Crippen molar-refractivity contribution in [2.75, 3.05) is 13.1 Å². The molecule has 12 nitrogen and oxygen atoms in total. The van der Waals surface area contributed by atoms with Gasteiger partial charge in [-0.05, 0) is 44.6 Å². The van der Waals surface area contributed by atoms with Gasteiger partial charge in [0.25, 0.3) is 0 Å². The summed E-state index contributed by atoms with van der Waals surface area (Å²) in [5.74, 6) is -4.51. The number of nitrogens with one attached hydrogen (secondary N) is 3. The van der Waals surface area contributed by atoms with Crippen molar-refractivity contribution >= 4 is 29.7 Å². The van der Waals surface area contributed by atoms with Gasteiger partial charge in [0.05, 0.1) is 6.54 Å². The lowest BCUT2D eigenvalue weighted by atomic mass is 10.0. The summed E-state index contributed by atoms with van der Waals surface area (Å²) in [7, 11) is 0. The zero-order valence-electron chi connectivity index (χ0n) is 18.1. The number of unbranched alkanes of at least 4 members (excludes halogenated alkanes) is 1. The van der Waals surface area contributed by atoms with Crippen LogP contribution in [-0.2, 0) is 24.0 Å². The van der Waals surface area contributed by atoms with Crippen molar-refractivity contribution in [1.82, 2.24) is 16.0 Å². The zero-order valence-corrected chi connectivity index (χ0v) is 18.1. The van der Waals surface area contributed by atoms with Crippen molar-refractivity contribution in [3.63, 3.8) is 0 Å². The average Bonchev–Trinajstić information content (AvgIpc) is 2.68. The molecule has 0 radical (unpaired) electrons. The van der Waals surface area contributed by atoms with Gasteiger partial charge in [0.15, 0.2) is 0 Å². The van der Waals surface area contributed by atoms with E-state index in [0.717, 1.165) is 0 Å². The molecule has 0 rings (SSSR count). The van der Waals surface area contributed by atoms with E-state index in [0.29, 0.717) is 19.4 Å². The van der Waals surface area contributed by atoms with E-state index in [9.17, 15) is 29.1 Å². The van der Waals surface area contributed by atoms with Gasteiger partial charge in [-0.25, -0.2) is 4.79 Å². The number of aliphatic carboxylic acids is 2. The van der Waals surface area contributed by atoms with Gasteiger partial charge in [-0.3, -0.25) is 19.2 Å². The summed E-state index contributed by atoms with van der Waals surface area (Å²) >= 11 is 0. The standard InChI is InChI=1S/C19H35N5O7/c1-11(2)9-14(19(30)31)24-18(29)13(6-7-16(26)27)23-17(28)12(5-3-4-8-20)22-15(25)10-21/h11-14H,3-10,20-21H2,1-2H3,(H,22,25)(H,23,28)(H,24,29)(H,26,27)(H,30,31). The lowest BCUT2D eigenvalue weighted by Gasteiger charge is -2.24. The zero-order chi connectivity index (χ0) is 24.0. The summed E-state index contributed by atoms with van der Waals surface area (Å²) in [4.78, 5) is 59.4. The Morgan fingerprint density at radius 2 is 1.35 bits per heavy atom. The largest absolute Gasteiger partial charge is 0.481 e. The number of carboxylic acid groups (broad SMARTS) is 2. The third-order valence-corrected chi connectivity index (χ3v) is 4.39. The molecule has 0 heterocycles. The van der Waals surface area contributed by atoms with Crippen LogP contribution in [0.4, 0.5) is 0 Å². The maximum atomic E-state index is 12.7. The molecule has 12 heteroatoms. The molecule has 0 saturated heterocycles. The SMILES string of the molecule is CC(C)CC(NC(=O)C(CCC(=O)O)NC(=O)C(CCCCN)NC(=O)CN)C(=O)O. The molecule has 0 aromatic heterocycles. The molecule has 9 N–H and O–H groups in total. The molecule has 3 atom stereocenters. The molecule has 0 aliphatic heterocycles. The Morgan fingerprint density at radius 3 is 1.81 bits per heavy atom. The third-order valence-electron chi connectivity index (χ3n) is 4.39. The van der Waals surface area contributed by atoms with E-state index in [2.05, 4.69) is 16.0 Å². The minimum Gasteiger partial charge on any atom is -0.481 e. The molecule has 0 aliphatic rings. The summed E-state index contributed by atoms with van der Waals surface area (Å²) in [5.41, 5.74) is 10.7. The molecular weight excluding hydrogens is 410 g/mol. The van der Waals surface area contributed by atoms with Crippen LogP contribution < -0.4 is 27.4 Å². The van der Waals surface area contributed by atoms with E-state index in [-0.39, 0.29) is 31.7 Å². The minimum absolute atomic E-state index is 0.0214. The highest BCUT2D eigenvalue weighted by Crippen LogP contribution is 2.08. The Hall–Kier alpha value is -2.73. The highest BCUT2D eigenvalue weighted by molar-refractivity contribution is 5.93. The topological polar surface area (TPSA) is 214 Å². The minimum atomic E-state index is -1.29. The molecule has 0 aromatic carbocycles. The van der Waals surface area contributed by atoms with E-state index in [4.69, 9.17) is 16.6 Å². The van der Waals surface area contributed by atoms with Crippen LogP contribution in [0, 0.1) is 5.92 Å². The number of rotatable bonds is 16. The molecule has 3 amide bonds. The summed E-state index contributed by atoms with van der Waals surface area (Å²) < 4.78 is 0. The van der Waals surface area contributed by atoms with E-state index in [1.165, 1.54) is 0 Å². The fourth-order valence-corrected chi connectivity index (χ4v) is 2.79. The lowest BCUT2D eigenvalue weighted by molar-refractivity contribution is -0.143. The number of nitrogens with two attached hydrogens (primary N) is 2. The predicted molar refractivity (Wildman–Crippen MR) is 112 cm³/mol. The first-order valence-corrected chi connectivity index (χ1v) is 10.3. The number of carboxylic acids is 2. The quantitative estimate of drug-likeness (QED) is 0.138. The molecule has 0 spiro atoms. The van der Waals surface area contributed by atoms with Crippen molar-refractivity contribution in [1.29, 1.82) is 0 Å². The monoisotopic (exact) mass is 445 g/mol. The first-order chi connectivity index (χ1) is 14.5. The van der Waals surface area contributed by atoms with Crippen molar-refractivity contribution in [3.05, 3.63) is 0 Å². The fourth-order valence-electron chi connectivity index (χ4n) is 2.79. The Bertz CT molecular complexity index is 627. The second-order valence-corrected chi connectivity index (χ2v) is 7.63. The van der Waals surface area contributed by atoms with Crippen LogP contribution in [0.2, 0.25) is 0 Å². The fraction of sp³-hybridized carbons (Fsp3) is 0.737. The van der Waals surface area contributed by atoms with E-state index < -0.39 is 54.2 Å². The highest BCUT2D eigenvalue weighted by Gasteiger charge is 2.30. The van der Waals surface area contributed by atoms with Crippen LogP contribution in [-0.4, -0.2) is 71.1 Å². The number of hydrogen-bond acceptors (Lipinski definition) is 7. The molecular formula is C19H35N5O7. The van der Waals surface area contributed by atoms with Gasteiger partial charge >= 0.3 is 11.9 Å². The maximum Gasteiger partial charge on any atom is 0.326 e. The van der Waals surface area contributed by atoms with Crippen molar-refractivity contribution in [3.8, 4) is 0 Å². The van der Waals surface area contributed by atoms with Gasteiger partial charge < -0.3 is 37.6 Å². The molecule has 0 fully saturated rings. The molecule has 0 bridgehead atoms. The van der Waals surface area contributed by atoms with Crippen LogP contribution in [0.5, 0.6) is 0 Å². The van der Waals surface area contributed by atoms with Gasteiger partial charge in [-0.1, -0.05) is 13.8 Å². The van der Waals surface area contributed by atoms with Crippen molar-refractivity contribution in [2.45, 2.75) is 70.5 Å². The maximum absolute atomic E-state index is 12.7. The van der Waals surface area contributed by atoms with Crippen molar-refractivity contribution < 1.29 is 34.2 Å². The van der Waals surface area contributed by atoms with E-state index in [1.807, 2.05) is 0 Å². The number of hydrogen-bond donors (Lipinski definition) is 7. The Morgan fingerprint density at radius 1 is 0.806 bits per heavy atom. The second kappa shape index (κ2) is 15.1. The molecule has 0 saturated carbocycles. The number of amides is 3. The lowest BCUT2D eigenvalue weighted by Crippen LogP contribution is -2.56. The second-order valence-electron chi connectivity index (χ2n) is 7.63. The Labute approximate surface area is 181 Å². The highest BCUT2D eigenvalue weighted by atomic mass is 16.4. The summed E-state index contributed by atoms with van der Waals surface area (Å²) in [6.45, 7) is 3.64. The van der Waals surface area contributed by atoms with Crippen LogP contribution in [0.3, 0.4) is 0 Å². The van der Waals surface area contributed by atoms with Crippen LogP contribution >= 0.6 is 0 Å². The average molecular weight is 446 g/mol. The van der Waals surface area contributed by atoms with E-state index in [1.54, 1.807) is 13.8 Å². The van der Waals surface area contributed by atoms with Gasteiger partial charge in [0, 0.05) is 6.42 Å². The van der Waals surface area contributed by atoms with Crippen LogP contribution in [0.15, 0.2) is 0 Å². The first kappa shape index (κ1) is 28.3. The van der Waals surface area contributed by atoms with Gasteiger partial charge in [-0.15, -0.1) is 0 Å². The first-order valence-electron chi connectivity index (χ1n) is 10.3. The smallest absolute Gasteiger partial charge is 0.326 e. The third kappa shape index (κ3) is 12.5. The number of carbonyl (C=O) groups is 5. The summed E-state index contributed by atoms with van der Waals surface area (Å²) in [6, 6.07) is -3.47.